The third-order valence-electron chi connectivity index (χ3n) is 4.19. The molecule has 1 aliphatic heterocycles. The molecule has 0 aromatic heterocycles. The molecule has 3 N–H and O–H groups in total. The van der Waals surface area contributed by atoms with E-state index in [1.807, 2.05) is 19.9 Å². The lowest BCUT2D eigenvalue weighted by molar-refractivity contribution is 0.394. The molecule has 0 aliphatic carbocycles. The molecular weight excluding hydrogens is 286 g/mol. The molecule has 5 nitrogen and oxygen atoms in total. The van der Waals surface area contributed by atoms with E-state index in [4.69, 9.17) is 5.73 Å². The molecule has 1 unspecified atom stereocenters. The highest BCUT2D eigenvalue weighted by Crippen LogP contribution is 2.21. The monoisotopic (exact) mass is 311 g/mol. The second-order valence-electron chi connectivity index (χ2n) is 6.02. The van der Waals surface area contributed by atoms with E-state index in [2.05, 4.69) is 16.7 Å². The SMILES string of the molecule is Cc1cc(C)c(S(=O)(=O)NCC2CCN(C)C2)cc1CN. The summed E-state index contributed by atoms with van der Waals surface area (Å²) < 4.78 is 27.8. The van der Waals surface area contributed by atoms with Crippen molar-refractivity contribution in [2.75, 3.05) is 26.7 Å². The molecule has 1 atom stereocenters. The van der Waals surface area contributed by atoms with E-state index in [1.165, 1.54) is 0 Å². The molecule has 1 saturated heterocycles. The average molecular weight is 311 g/mol. The van der Waals surface area contributed by atoms with E-state index in [-0.39, 0.29) is 0 Å². The van der Waals surface area contributed by atoms with Crippen LogP contribution in [-0.2, 0) is 16.6 Å². The van der Waals surface area contributed by atoms with Crippen LogP contribution in [0.5, 0.6) is 0 Å². The molecule has 0 radical (unpaired) electrons. The molecule has 1 fully saturated rings. The van der Waals surface area contributed by atoms with Gasteiger partial charge in [-0.3, -0.25) is 0 Å². The third kappa shape index (κ3) is 3.83. The quantitative estimate of drug-likeness (QED) is 0.850. The summed E-state index contributed by atoms with van der Waals surface area (Å²) in [6.45, 7) is 6.61. The Morgan fingerprint density at radius 1 is 1.33 bits per heavy atom. The van der Waals surface area contributed by atoms with E-state index in [0.29, 0.717) is 23.9 Å². The Hall–Kier alpha value is -0.950. The number of nitrogens with one attached hydrogen (secondary N) is 1. The fourth-order valence-electron chi connectivity index (χ4n) is 2.88. The van der Waals surface area contributed by atoms with Crippen LogP contribution in [0.1, 0.15) is 23.1 Å². The van der Waals surface area contributed by atoms with Crippen molar-refractivity contribution >= 4 is 10.0 Å². The maximum Gasteiger partial charge on any atom is 0.240 e. The van der Waals surface area contributed by atoms with Gasteiger partial charge in [0.2, 0.25) is 10.0 Å². The van der Waals surface area contributed by atoms with E-state index >= 15 is 0 Å². The van der Waals surface area contributed by atoms with Crippen LogP contribution in [0.25, 0.3) is 0 Å². The molecule has 0 amide bonds. The predicted octanol–water partition coefficient (Wildman–Crippen LogP) is 0.992. The van der Waals surface area contributed by atoms with Gasteiger partial charge in [-0.25, -0.2) is 13.1 Å². The van der Waals surface area contributed by atoms with Crippen LogP contribution in [0.2, 0.25) is 0 Å². The molecule has 118 valence electrons. The van der Waals surface area contributed by atoms with Gasteiger partial charge in [-0.05, 0) is 62.5 Å². The number of sulfonamides is 1. The van der Waals surface area contributed by atoms with Crippen LogP contribution >= 0.6 is 0 Å². The van der Waals surface area contributed by atoms with E-state index < -0.39 is 10.0 Å². The summed E-state index contributed by atoms with van der Waals surface area (Å²) in [6.07, 6.45) is 1.04. The zero-order valence-electron chi connectivity index (χ0n) is 13.0. The Balaban J connectivity index is 2.15. The number of rotatable bonds is 5. The maximum atomic E-state index is 12.5. The van der Waals surface area contributed by atoms with E-state index in [9.17, 15) is 8.42 Å². The first-order valence-electron chi connectivity index (χ1n) is 7.32. The van der Waals surface area contributed by atoms with Gasteiger partial charge in [0.15, 0.2) is 0 Å². The second kappa shape index (κ2) is 6.44. The second-order valence-corrected chi connectivity index (χ2v) is 7.75. The molecule has 0 bridgehead atoms. The Morgan fingerprint density at radius 2 is 2.05 bits per heavy atom. The minimum atomic E-state index is -3.47. The number of nitrogens with zero attached hydrogens (tertiary/aromatic N) is 1. The van der Waals surface area contributed by atoms with Crippen molar-refractivity contribution in [3.05, 3.63) is 28.8 Å². The van der Waals surface area contributed by atoms with Gasteiger partial charge in [0.05, 0.1) is 4.90 Å². The van der Waals surface area contributed by atoms with Crippen molar-refractivity contribution in [3.63, 3.8) is 0 Å². The molecule has 6 heteroatoms. The minimum absolute atomic E-state index is 0.347. The van der Waals surface area contributed by atoms with Crippen LogP contribution < -0.4 is 10.5 Å². The first kappa shape index (κ1) is 16.4. The highest BCUT2D eigenvalue weighted by atomic mass is 32.2. The van der Waals surface area contributed by atoms with Crippen LogP contribution in [0.3, 0.4) is 0 Å². The number of nitrogens with two attached hydrogens (primary N) is 1. The van der Waals surface area contributed by atoms with Crippen molar-refractivity contribution in [2.45, 2.75) is 31.7 Å². The van der Waals surface area contributed by atoms with Gasteiger partial charge in [0.1, 0.15) is 0 Å². The van der Waals surface area contributed by atoms with E-state index in [1.54, 1.807) is 6.07 Å². The zero-order valence-corrected chi connectivity index (χ0v) is 13.8. The molecule has 1 aromatic carbocycles. The summed E-state index contributed by atoms with van der Waals surface area (Å²) >= 11 is 0. The van der Waals surface area contributed by atoms with Gasteiger partial charge >= 0.3 is 0 Å². The van der Waals surface area contributed by atoms with Gasteiger partial charge in [-0.2, -0.15) is 0 Å². The summed E-state index contributed by atoms with van der Waals surface area (Å²) in [5.74, 6) is 0.393. The van der Waals surface area contributed by atoms with Gasteiger partial charge in [-0.1, -0.05) is 6.07 Å². The lowest BCUT2D eigenvalue weighted by atomic mass is 10.1. The Morgan fingerprint density at radius 3 is 2.62 bits per heavy atom. The van der Waals surface area contributed by atoms with Crippen molar-refractivity contribution < 1.29 is 8.42 Å². The highest BCUT2D eigenvalue weighted by molar-refractivity contribution is 7.89. The fourth-order valence-corrected chi connectivity index (χ4v) is 4.27. The van der Waals surface area contributed by atoms with Crippen LogP contribution in [0.4, 0.5) is 0 Å². The third-order valence-corrected chi connectivity index (χ3v) is 5.76. The first-order valence-corrected chi connectivity index (χ1v) is 8.80. The molecule has 0 saturated carbocycles. The normalized spacial score (nSPS) is 20.1. The lowest BCUT2D eigenvalue weighted by Gasteiger charge is -2.15. The Bertz CT molecular complexity index is 614. The number of benzene rings is 1. The summed E-state index contributed by atoms with van der Waals surface area (Å²) in [4.78, 5) is 2.57. The number of hydrogen-bond acceptors (Lipinski definition) is 4. The number of hydrogen-bond donors (Lipinski definition) is 2. The van der Waals surface area contributed by atoms with Crippen LogP contribution in [0, 0.1) is 19.8 Å². The predicted molar refractivity (Wildman–Crippen MR) is 84.6 cm³/mol. The smallest absolute Gasteiger partial charge is 0.240 e. The van der Waals surface area contributed by atoms with Gasteiger partial charge < -0.3 is 10.6 Å². The van der Waals surface area contributed by atoms with Gasteiger partial charge in [-0.15, -0.1) is 0 Å². The molecule has 0 spiro atoms. The van der Waals surface area contributed by atoms with Gasteiger partial charge in [0.25, 0.3) is 0 Å². The summed E-state index contributed by atoms with van der Waals surface area (Å²) in [5, 5.41) is 0. The Kier molecular flexibility index (Phi) is 5.03. The number of likely N-dealkylation sites (tertiary alicyclic amines) is 1. The maximum absolute atomic E-state index is 12.5. The van der Waals surface area contributed by atoms with Crippen LogP contribution in [0.15, 0.2) is 17.0 Å². The summed E-state index contributed by atoms with van der Waals surface area (Å²) in [6, 6.07) is 3.59. The lowest BCUT2D eigenvalue weighted by Crippen LogP contribution is -2.31. The number of aryl methyl sites for hydroxylation is 2. The molecule has 1 aromatic rings. The van der Waals surface area contributed by atoms with Crippen molar-refractivity contribution in [2.24, 2.45) is 11.7 Å². The minimum Gasteiger partial charge on any atom is -0.326 e. The molecule has 2 rings (SSSR count). The van der Waals surface area contributed by atoms with Crippen molar-refractivity contribution in [1.29, 1.82) is 0 Å². The van der Waals surface area contributed by atoms with Gasteiger partial charge in [0, 0.05) is 19.6 Å². The van der Waals surface area contributed by atoms with E-state index in [0.717, 1.165) is 36.2 Å². The first-order chi connectivity index (χ1) is 9.83. The highest BCUT2D eigenvalue weighted by Gasteiger charge is 2.23. The van der Waals surface area contributed by atoms with Crippen molar-refractivity contribution in [1.82, 2.24) is 9.62 Å². The summed E-state index contributed by atoms with van der Waals surface area (Å²) in [7, 11) is -1.41. The Labute approximate surface area is 127 Å². The summed E-state index contributed by atoms with van der Waals surface area (Å²) in [5.41, 5.74) is 8.36. The topological polar surface area (TPSA) is 75.4 Å². The largest absolute Gasteiger partial charge is 0.326 e. The van der Waals surface area contributed by atoms with Crippen molar-refractivity contribution in [3.8, 4) is 0 Å². The molecule has 21 heavy (non-hydrogen) atoms. The average Bonchev–Trinajstić information content (AvgIpc) is 2.82. The molecule has 1 heterocycles. The zero-order chi connectivity index (χ0) is 15.6. The molecule has 1 aliphatic rings. The van der Waals surface area contributed by atoms with Crippen LogP contribution in [-0.4, -0.2) is 40.0 Å². The fraction of sp³-hybridized carbons (Fsp3) is 0.600. The molecular formula is C15H25N3O2S. The standard InChI is InChI=1S/C15H25N3O2S/c1-11-6-12(2)15(7-14(11)8-16)21(19,20)17-9-13-4-5-18(3)10-13/h6-7,13,17H,4-5,8-10,16H2,1-3H3.